The van der Waals surface area contributed by atoms with Gasteiger partial charge in [-0.25, -0.2) is 9.97 Å². The summed E-state index contributed by atoms with van der Waals surface area (Å²) in [5.74, 6) is 2.40. The summed E-state index contributed by atoms with van der Waals surface area (Å²) in [6, 6.07) is 18.3. The highest BCUT2D eigenvalue weighted by atomic mass is 16.3. The third kappa shape index (κ3) is 3.86. The van der Waals surface area contributed by atoms with E-state index in [1.54, 1.807) is 0 Å². The number of aromatic nitrogens is 7. The topological polar surface area (TPSA) is 98.3 Å². The zero-order chi connectivity index (χ0) is 23.8. The molecule has 174 valence electrons. The number of hydrogen-bond donors (Lipinski definition) is 1. The molecule has 0 aliphatic carbocycles. The first-order chi connectivity index (χ1) is 17.2. The van der Waals surface area contributed by atoms with Gasteiger partial charge in [0.25, 0.3) is 0 Å². The van der Waals surface area contributed by atoms with Gasteiger partial charge >= 0.3 is 0 Å². The number of fused-ring (bicyclic) bond motifs is 2. The average Bonchev–Trinajstić information content (AvgIpc) is 3.62. The molecule has 1 N–H and O–H groups in total. The SMILES string of the molecule is CCCCc1nc2c(C)ccnc2n1Cc1ccc2oc(-c3ccccc3-c3nn[nH]n3)cc2c1. The summed E-state index contributed by atoms with van der Waals surface area (Å²) < 4.78 is 8.48. The minimum Gasteiger partial charge on any atom is -0.456 e. The van der Waals surface area contributed by atoms with E-state index in [2.05, 4.69) is 62.2 Å². The van der Waals surface area contributed by atoms with E-state index in [0.717, 1.165) is 69.7 Å². The van der Waals surface area contributed by atoms with Crippen molar-refractivity contribution < 1.29 is 4.42 Å². The van der Waals surface area contributed by atoms with E-state index in [1.807, 2.05) is 42.6 Å². The second kappa shape index (κ2) is 8.79. The molecule has 0 saturated carbocycles. The average molecular weight is 464 g/mol. The number of hydrogen-bond acceptors (Lipinski definition) is 6. The smallest absolute Gasteiger partial charge is 0.205 e. The summed E-state index contributed by atoms with van der Waals surface area (Å²) >= 11 is 0. The van der Waals surface area contributed by atoms with Crippen molar-refractivity contribution in [1.82, 2.24) is 35.2 Å². The van der Waals surface area contributed by atoms with Gasteiger partial charge in [-0.2, -0.15) is 5.21 Å². The predicted molar refractivity (Wildman–Crippen MR) is 135 cm³/mol. The van der Waals surface area contributed by atoms with E-state index in [1.165, 1.54) is 5.56 Å². The van der Waals surface area contributed by atoms with Crippen LogP contribution in [-0.2, 0) is 13.0 Å². The van der Waals surface area contributed by atoms with Crippen LogP contribution in [-0.4, -0.2) is 35.2 Å². The van der Waals surface area contributed by atoms with Crippen LogP contribution in [0.4, 0.5) is 0 Å². The van der Waals surface area contributed by atoms with E-state index < -0.39 is 0 Å². The lowest BCUT2D eigenvalue weighted by molar-refractivity contribution is 0.631. The molecule has 0 saturated heterocycles. The number of benzene rings is 2. The van der Waals surface area contributed by atoms with Gasteiger partial charge in [0, 0.05) is 29.1 Å². The van der Waals surface area contributed by atoms with Crippen LogP contribution in [0, 0.1) is 6.92 Å². The summed E-state index contributed by atoms with van der Waals surface area (Å²) in [4.78, 5) is 9.62. The van der Waals surface area contributed by atoms with Gasteiger partial charge < -0.3 is 8.98 Å². The highest BCUT2D eigenvalue weighted by Gasteiger charge is 2.16. The Bertz CT molecular complexity index is 1630. The van der Waals surface area contributed by atoms with Gasteiger partial charge in [-0.05, 0) is 54.0 Å². The number of aryl methyl sites for hydroxylation is 2. The molecule has 35 heavy (non-hydrogen) atoms. The van der Waals surface area contributed by atoms with Crippen molar-refractivity contribution in [3.63, 3.8) is 0 Å². The summed E-state index contributed by atoms with van der Waals surface area (Å²) in [6.07, 6.45) is 5.04. The number of tetrazole rings is 1. The molecule has 0 radical (unpaired) electrons. The molecule has 0 amide bonds. The molecule has 0 spiro atoms. The largest absolute Gasteiger partial charge is 0.456 e. The van der Waals surface area contributed by atoms with Gasteiger partial charge in [-0.3, -0.25) is 0 Å². The van der Waals surface area contributed by atoms with Crippen LogP contribution in [0.5, 0.6) is 0 Å². The highest BCUT2D eigenvalue weighted by Crippen LogP contribution is 2.34. The minimum atomic E-state index is 0.538. The Labute approximate surface area is 202 Å². The van der Waals surface area contributed by atoms with Crippen molar-refractivity contribution >= 4 is 22.1 Å². The summed E-state index contributed by atoms with van der Waals surface area (Å²) in [6.45, 7) is 5.01. The Morgan fingerprint density at radius 2 is 1.91 bits per heavy atom. The Hall–Kier alpha value is -4.33. The number of aromatic amines is 1. The zero-order valence-corrected chi connectivity index (χ0v) is 19.7. The van der Waals surface area contributed by atoms with Crippen molar-refractivity contribution in [1.29, 1.82) is 0 Å². The number of pyridine rings is 1. The Kier molecular flexibility index (Phi) is 5.33. The molecule has 4 heterocycles. The minimum absolute atomic E-state index is 0.538. The van der Waals surface area contributed by atoms with E-state index >= 15 is 0 Å². The Balaban J connectivity index is 1.39. The van der Waals surface area contributed by atoms with Gasteiger partial charge in [0.05, 0.1) is 6.54 Å². The maximum atomic E-state index is 6.23. The quantitative estimate of drug-likeness (QED) is 0.325. The van der Waals surface area contributed by atoms with Crippen LogP contribution in [0.3, 0.4) is 0 Å². The number of unbranched alkanes of at least 4 members (excludes halogenated alkanes) is 1. The fourth-order valence-electron chi connectivity index (χ4n) is 4.55. The van der Waals surface area contributed by atoms with E-state index in [9.17, 15) is 0 Å². The monoisotopic (exact) mass is 463 g/mol. The van der Waals surface area contributed by atoms with Crippen molar-refractivity contribution in [2.45, 2.75) is 39.7 Å². The standard InChI is InChI=1S/C27H25N7O/c1-3-4-9-24-29-25-17(2)12-13-28-27(25)34(24)16-18-10-11-22-19(14-18)15-23(35-22)20-7-5-6-8-21(20)26-30-32-33-31-26/h5-8,10-15H,3-4,9,16H2,1-2H3,(H,30,31,32,33). The highest BCUT2D eigenvalue weighted by molar-refractivity contribution is 5.87. The van der Waals surface area contributed by atoms with Crippen LogP contribution in [0.25, 0.3) is 44.8 Å². The normalized spacial score (nSPS) is 11.6. The van der Waals surface area contributed by atoms with Gasteiger partial charge in [0.2, 0.25) is 5.82 Å². The lowest BCUT2D eigenvalue weighted by Crippen LogP contribution is -2.06. The second-order valence-electron chi connectivity index (χ2n) is 8.78. The summed E-state index contributed by atoms with van der Waals surface area (Å²) in [5, 5.41) is 15.5. The summed E-state index contributed by atoms with van der Waals surface area (Å²) in [5.41, 5.74) is 6.89. The first kappa shape index (κ1) is 21.2. The van der Waals surface area contributed by atoms with Gasteiger partial charge in [-0.15, -0.1) is 10.2 Å². The Morgan fingerprint density at radius 1 is 1.03 bits per heavy atom. The van der Waals surface area contributed by atoms with Crippen LogP contribution in [0.15, 0.2) is 65.2 Å². The molecule has 0 aliphatic rings. The van der Waals surface area contributed by atoms with Crippen LogP contribution < -0.4 is 0 Å². The number of nitrogens with one attached hydrogen (secondary N) is 1. The van der Waals surface area contributed by atoms with Gasteiger partial charge in [0.15, 0.2) is 5.65 Å². The van der Waals surface area contributed by atoms with Crippen molar-refractivity contribution in [3.05, 3.63) is 77.7 Å². The zero-order valence-electron chi connectivity index (χ0n) is 19.7. The van der Waals surface area contributed by atoms with E-state index in [-0.39, 0.29) is 0 Å². The van der Waals surface area contributed by atoms with Crippen LogP contribution in [0.1, 0.15) is 36.7 Å². The molecule has 2 aromatic carbocycles. The molecule has 0 bridgehead atoms. The van der Waals surface area contributed by atoms with Gasteiger partial charge in [-0.1, -0.05) is 43.7 Å². The molecule has 0 aliphatic heterocycles. The number of rotatable bonds is 7. The Morgan fingerprint density at radius 3 is 2.74 bits per heavy atom. The summed E-state index contributed by atoms with van der Waals surface area (Å²) in [7, 11) is 0. The molecule has 6 rings (SSSR count). The fourth-order valence-corrected chi connectivity index (χ4v) is 4.55. The molecule has 6 aromatic rings. The van der Waals surface area contributed by atoms with Crippen LogP contribution in [0.2, 0.25) is 0 Å². The third-order valence-corrected chi connectivity index (χ3v) is 6.37. The number of H-pyrrole nitrogens is 1. The van der Waals surface area contributed by atoms with Gasteiger partial charge in [0.1, 0.15) is 22.7 Å². The molecule has 0 atom stereocenters. The van der Waals surface area contributed by atoms with Crippen molar-refractivity contribution in [3.8, 4) is 22.7 Å². The molecule has 0 fully saturated rings. The molecule has 8 nitrogen and oxygen atoms in total. The molecule has 4 aromatic heterocycles. The van der Waals surface area contributed by atoms with Crippen LogP contribution >= 0.6 is 0 Å². The number of imidazole rings is 1. The lowest BCUT2D eigenvalue weighted by Gasteiger charge is -2.09. The molecular weight excluding hydrogens is 438 g/mol. The first-order valence-corrected chi connectivity index (χ1v) is 11.9. The molecule has 0 unspecified atom stereocenters. The van der Waals surface area contributed by atoms with E-state index in [0.29, 0.717) is 12.4 Å². The first-order valence-electron chi connectivity index (χ1n) is 11.9. The third-order valence-electron chi connectivity index (χ3n) is 6.37. The lowest BCUT2D eigenvalue weighted by atomic mass is 10.0. The predicted octanol–water partition coefficient (Wildman–Crippen LogP) is 5.72. The number of nitrogens with zero attached hydrogens (tertiary/aromatic N) is 6. The van der Waals surface area contributed by atoms with Crippen molar-refractivity contribution in [2.75, 3.05) is 0 Å². The number of furan rings is 1. The maximum absolute atomic E-state index is 6.23. The van der Waals surface area contributed by atoms with Crippen molar-refractivity contribution in [2.24, 2.45) is 0 Å². The maximum Gasteiger partial charge on any atom is 0.205 e. The van der Waals surface area contributed by atoms with E-state index in [4.69, 9.17) is 9.40 Å². The fraction of sp³-hybridized carbons (Fsp3) is 0.222. The second-order valence-corrected chi connectivity index (χ2v) is 8.78. The molecule has 8 heteroatoms. The molecular formula is C27H25N7O.